The van der Waals surface area contributed by atoms with E-state index in [9.17, 15) is 9.59 Å². The molecule has 126 valence electrons. The van der Waals surface area contributed by atoms with Crippen LogP contribution in [0.25, 0.3) is 0 Å². The van der Waals surface area contributed by atoms with Crippen LogP contribution in [0.4, 0.5) is 4.79 Å². The van der Waals surface area contributed by atoms with E-state index < -0.39 is 0 Å². The van der Waals surface area contributed by atoms with Crippen LogP contribution in [0.3, 0.4) is 0 Å². The van der Waals surface area contributed by atoms with Crippen LogP contribution < -0.4 is 5.32 Å². The number of nitrogens with one attached hydrogen (secondary N) is 1. The minimum Gasteiger partial charge on any atom is -0.340 e. The highest BCUT2D eigenvalue weighted by Gasteiger charge is 2.37. The van der Waals surface area contributed by atoms with Gasteiger partial charge in [0.1, 0.15) is 0 Å². The highest BCUT2D eigenvalue weighted by Crippen LogP contribution is 2.25. The summed E-state index contributed by atoms with van der Waals surface area (Å²) >= 11 is 0. The van der Waals surface area contributed by atoms with Crippen LogP contribution in [-0.2, 0) is 11.2 Å². The smallest absolute Gasteiger partial charge is 0.317 e. The monoisotopic (exact) mass is 319 g/mol. The number of carbonyl (C=O) groups is 2. The fourth-order valence-electron chi connectivity index (χ4n) is 2.84. The normalized spacial score (nSPS) is 20.7. The van der Waals surface area contributed by atoms with Crippen LogP contribution in [0.5, 0.6) is 0 Å². The molecule has 1 fully saturated rings. The second-order valence-corrected chi connectivity index (χ2v) is 6.53. The van der Waals surface area contributed by atoms with E-state index in [1.807, 2.05) is 4.90 Å². The molecular weight excluding hydrogens is 294 g/mol. The molecule has 0 aliphatic carbocycles. The summed E-state index contributed by atoms with van der Waals surface area (Å²) in [5.74, 6) is 0.666. The Labute approximate surface area is 137 Å². The first-order chi connectivity index (χ1) is 10.9. The molecular formula is C16H25N5O2. The van der Waals surface area contributed by atoms with Crippen molar-refractivity contribution in [2.45, 2.75) is 26.3 Å². The van der Waals surface area contributed by atoms with E-state index in [2.05, 4.69) is 29.1 Å². The van der Waals surface area contributed by atoms with Crippen molar-refractivity contribution in [2.75, 3.05) is 27.2 Å². The number of hydrogen-bond acceptors (Lipinski definition) is 4. The zero-order valence-electron chi connectivity index (χ0n) is 14.2. The number of aromatic nitrogens is 2. The van der Waals surface area contributed by atoms with Gasteiger partial charge in [-0.25, -0.2) is 4.79 Å². The molecule has 7 nitrogen and oxygen atoms in total. The molecule has 3 amide bonds. The van der Waals surface area contributed by atoms with Crippen molar-refractivity contribution in [3.8, 4) is 0 Å². The summed E-state index contributed by atoms with van der Waals surface area (Å²) in [5, 5.41) is 3.02. The van der Waals surface area contributed by atoms with Crippen LogP contribution in [0.2, 0.25) is 0 Å². The third-order valence-corrected chi connectivity index (χ3v) is 4.24. The number of likely N-dealkylation sites (tertiary alicyclic amines) is 1. The van der Waals surface area contributed by atoms with Crippen LogP contribution in [0.15, 0.2) is 18.6 Å². The standard InChI is InChI=1S/C16H25N5O2/c1-11(2)13-9-21(10-14(13)19-16(23)20(3)4)15(22)7-12-8-17-5-6-18-12/h5-6,8,11,13-14H,7,9-10H2,1-4H3,(H,19,23)/t13-,14+/m0/s1. The second kappa shape index (κ2) is 7.39. The van der Waals surface area contributed by atoms with Gasteiger partial charge in [0.25, 0.3) is 0 Å². The van der Waals surface area contributed by atoms with Crippen LogP contribution in [0, 0.1) is 11.8 Å². The minimum absolute atomic E-state index is 0.0179. The SMILES string of the molecule is CC(C)[C@@H]1CN(C(=O)Cc2cnccn2)C[C@H]1NC(=O)N(C)C. The summed E-state index contributed by atoms with van der Waals surface area (Å²) in [4.78, 5) is 35.9. The molecule has 1 N–H and O–H groups in total. The third-order valence-electron chi connectivity index (χ3n) is 4.24. The van der Waals surface area contributed by atoms with Crippen molar-refractivity contribution < 1.29 is 9.59 Å². The van der Waals surface area contributed by atoms with Gasteiger partial charge >= 0.3 is 6.03 Å². The van der Waals surface area contributed by atoms with Crippen molar-refractivity contribution >= 4 is 11.9 Å². The molecule has 0 spiro atoms. The average Bonchev–Trinajstić information content (AvgIpc) is 2.92. The topological polar surface area (TPSA) is 78.4 Å². The van der Waals surface area contributed by atoms with Gasteiger partial charge in [-0.2, -0.15) is 0 Å². The van der Waals surface area contributed by atoms with Crippen LogP contribution in [-0.4, -0.2) is 64.9 Å². The van der Waals surface area contributed by atoms with Gasteiger partial charge < -0.3 is 15.1 Å². The molecule has 0 saturated carbocycles. The number of carbonyl (C=O) groups excluding carboxylic acids is 2. The van der Waals surface area contributed by atoms with E-state index in [1.165, 1.54) is 4.90 Å². The first kappa shape index (κ1) is 17.2. The molecule has 1 saturated heterocycles. The molecule has 1 aliphatic rings. The van der Waals surface area contributed by atoms with Crippen molar-refractivity contribution in [2.24, 2.45) is 11.8 Å². The number of urea groups is 1. The number of hydrogen-bond donors (Lipinski definition) is 1. The van der Waals surface area contributed by atoms with Gasteiger partial charge in [0.15, 0.2) is 0 Å². The summed E-state index contributed by atoms with van der Waals surface area (Å²) < 4.78 is 0. The Kier molecular flexibility index (Phi) is 5.52. The molecule has 0 bridgehead atoms. The maximum Gasteiger partial charge on any atom is 0.317 e. The third kappa shape index (κ3) is 4.40. The Balaban J connectivity index is 2.01. The second-order valence-electron chi connectivity index (χ2n) is 6.53. The van der Waals surface area contributed by atoms with E-state index in [1.54, 1.807) is 32.7 Å². The fourth-order valence-corrected chi connectivity index (χ4v) is 2.84. The molecule has 2 rings (SSSR count). The van der Waals surface area contributed by atoms with Gasteiger partial charge in [-0.3, -0.25) is 14.8 Å². The quantitative estimate of drug-likeness (QED) is 0.889. The van der Waals surface area contributed by atoms with Crippen LogP contribution in [0.1, 0.15) is 19.5 Å². The molecule has 0 aromatic carbocycles. The van der Waals surface area contributed by atoms with Gasteiger partial charge in [-0.1, -0.05) is 13.8 Å². The largest absolute Gasteiger partial charge is 0.340 e. The molecule has 23 heavy (non-hydrogen) atoms. The molecule has 7 heteroatoms. The summed E-state index contributed by atoms with van der Waals surface area (Å²) in [6.45, 7) is 5.45. The zero-order valence-corrected chi connectivity index (χ0v) is 14.2. The Morgan fingerprint density at radius 3 is 2.65 bits per heavy atom. The first-order valence-corrected chi connectivity index (χ1v) is 7.89. The van der Waals surface area contributed by atoms with E-state index >= 15 is 0 Å². The Bertz CT molecular complexity index is 547. The van der Waals surface area contributed by atoms with E-state index in [0.29, 0.717) is 24.7 Å². The predicted molar refractivity (Wildman–Crippen MR) is 86.7 cm³/mol. The highest BCUT2D eigenvalue weighted by atomic mass is 16.2. The Hall–Kier alpha value is -2.18. The summed E-state index contributed by atoms with van der Waals surface area (Å²) in [7, 11) is 3.43. The highest BCUT2D eigenvalue weighted by molar-refractivity contribution is 5.79. The molecule has 1 aromatic rings. The van der Waals surface area contributed by atoms with Crippen molar-refractivity contribution in [1.82, 2.24) is 25.1 Å². The number of amides is 3. The summed E-state index contributed by atoms with van der Waals surface area (Å²) in [6, 6.07) is -0.139. The van der Waals surface area contributed by atoms with Crippen molar-refractivity contribution in [3.63, 3.8) is 0 Å². The summed E-state index contributed by atoms with van der Waals surface area (Å²) in [6.07, 6.45) is 5.03. The van der Waals surface area contributed by atoms with E-state index in [0.717, 1.165) is 0 Å². The molecule has 1 aromatic heterocycles. The molecule has 1 aliphatic heterocycles. The number of nitrogens with zero attached hydrogens (tertiary/aromatic N) is 4. The maximum atomic E-state index is 12.5. The molecule has 0 radical (unpaired) electrons. The van der Waals surface area contributed by atoms with Crippen LogP contribution >= 0.6 is 0 Å². The van der Waals surface area contributed by atoms with Gasteiger partial charge in [0.05, 0.1) is 18.2 Å². The fraction of sp³-hybridized carbons (Fsp3) is 0.625. The number of rotatable bonds is 4. The molecule has 2 heterocycles. The lowest BCUT2D eigenvalue weighted by atomic mass is 9.91. The Morgan fingerprint density at radius 2 is 2.09 bits per heavy atom. The van der Waals surface area contributed by atoms with Gasteiger partial charge in [-0.15, -0.1) is 0 Å². The lowest BCUT2D eigenvalue weighted by Gasteiger charge is -2.24. The van der Waals surface area contributed by atoms with Gasteiger partial charge in [0, 0.05) is 51.7 Å². The molecule has 0 unspecified atom stereocenters. The lowest BCUT2D eigenvalue weighted by Crippen LogP contribution is -2.46. The first-order valence-electron chi connectivity index (χ1n) is 7.89. The zero-order chi connectivity index (χ0) is 17.0. The molecule has 2 atom stereocenters. The maximum absolute atomic E-state index is 12.5. The average molecular weight is 319 g/mol. The Morgan fingerprint density at radius 1 is 1.35 bits per heavy atom. The van der Waals surface area contributed by atoms with Gasteiger partial charge in [-0.05, 0) is 5.92 Å². The van der Waals surface area contributed by atoms with E-state index in [4.69, 9.17) is 0 Å². The minimum atomic E-state index is -0.121. The van der Waals surface area contributed by atoms with Crippen molar-refractivity contribution in [3.05, 3.63) is 24.3 Å². The van der Waals surface area contributed by atoms with E-state index in [-0.39, 0.29) is 30.3 Å². The lowest BCUT2D eigenvalue weighted by molar-refractivity contribution is -0.129. The summed E-state index contributed by atoms with van der Waals surface area (Å²) in [5.41, 5.74) is 0.666. The van der Waals surface area contributed by atoms with Gasteiger partial charge in [0.2, 0.25) is 5.91 Å². The predicted octanol–water partition coefficient (Wildman–Crippen LogP) is 0.773. The van der Waals surface area contributed by atoms with Crippen molar-refractivity contribution in [1.29, 1.82) is 0 Å².